The molecule has 0 unspecified atom stereocenters. The summed E-state index contributed by atoms with van der Waals surface area (Å²) in [6.07, 6.45) is -4.82. The first-order valence-electron chi connectivity index (χ1n) is 4.20. The molecule has 1 aromatic carbocycles. The molecule has 0 fully saturated rings. The Morgan fingerprint density at radius 2 is 1.75 bits per heavy atom. The smallest absolute Gasteiger partial charge is 0.198 e. The third-order valence-corrected chi connectivity index (χ3v) is 3.06. The standard InChI is InChI=1S/C10H7ClF4S/c11-8(10(13,14)15)9(12)16-6-7-4-2-1-3-5-7/h1-5H,6H2/b9-8-. The van der Waals surface area contributed by atoms with E-state index in [2.05, 4.69) is 0 Å². The van der Waals surface area contributed by atoms with Crippen molar-refractivity contribution in [2.45, 2.75) is 11.9 Å². The first-order valence-corrected chi connectivity index (χ1v) is 5.57. The van der Waals surface area contributed by atoms with Gasteiger partial charge in [0.05, 0.1) is 0 Å². The monoisotopic (exact) mass is 270 g/mol. The maximum absolute atomic E-state index is 13.0. The Kier molecular flexibility index (Phi) is 4.68. The molecule has 0 aliphatic carbocycles. The number of thioether (sulfide) groups is 1. The highest BCUT2D eigenvalue weighted by Crippen LogP contribution is 2.37. The lowest BCUT2D eigenvalue weighted by atomic mass is 10.2. The Morgan fingerprint density at radius 1 is 1.19 bits per heavy atom. The van der Waals surface area contributed by atoms with Gasteiger partial charge in [0, 0.05) is 5.75 Å². The summed E-state index contributed by atoms with van der Waals surface area (Å²) in [5.74, 6) is 0.110. The normalized spacial score (nSPS) is 13.6. The summed E-state index contributed by atoms with van der Waals surface area (Å²) >= 11 is 5.26. The number of hydrogen-bond acceptors (Lipinski definition) is 1. The molecule has 16 heavy (non-hydrogen) atoms. The Balaban J connectivity index is 2.63. The number of allylic oxidation sites excluding steroid dienone is 1. The Bertz CT molecular complexity index is 372. The van der Waals surface area contributed by atoms with Gasteiger partial charge in [0.2, 0.25) is 0 Å². The number of hydrogen-bond donors (Lipinski definition) is 0. The second-order valence-electron chi connectivity index (χ2n) is 2.86. The average Bonchev–Trinajstić information content (AvgIpc) is 2.25. The molecular formula is C10H7ClF4S. The predicted molar refractivity (Wildman–Crippen MR) is 57.8 cm³/mol. The minimum Gasteiger partial charge on any atom is -0.198 e. The van der Waals surface area contributed by atoms with Gasteiger partial charge >= 0.3 is 6.18 Å². The maximum Gasteiger partial charge on any atom is 0.430 e. The average molecular weight is 271 g/mol. The molecule has 0 N–H and O–H groups in total. The van der Waals surface area contributed by atoms with Crippen molar-refractivity contribution < 1.29 is 17.6 Å². The molecule has 0 bridgehead atoms. The van der Waals surface area contributed by atoms with Gasteiger partial charge in [0.15, 0.2) is 10.2 Å². The highest BCUT2D eigenvalue weighted by Gasteiger charge is 2.36. The Labute approximate surface area is 99.3 Å². The van der Waals surface area contributed by atoms with Crippen LogP contribution >= 0.6 is 23.4 Å². The Hall–Kier alpha value is -0.680. The lowest BCUT2D eigenvalue weighted by Gasteiger charge is -2.06. The second-order valence-corrected chi connectivity index (χ2v) is 4.17. The van der Waals surface area contributed by atoms with Crippen LogP contribution in [0.1, 0.15) is 5.56 Å². The number of alkyl halides is 3. The minimum absolute atomic E-state index is 0.110. The topological polar surface area (TPSA) is 0 Å². The van der Waals surface area contributed by atoms with Crippen LogP contribution in [0.3, 0.4) is 0 Å². The van der Waals surface area contributed by atoms with Crippen molar-refractivity contribution in [3.8, 4) is 0 Å². The van der Waals surface area contributed by atoms with E-state index in [0.717, 1.165) is 5.56 Å². The quantitative estimate of drug-likeness (QED) is 0.707. The van der Waals surface area contributed by atoms with E-state index in [9.17, 15) is 17.6 Å². The number of halogens is 5. The van der Waals surface area contributed by atoms with Crippen LogP contribution < -0.4 is 0 Å². The van der Waals surface area contributed by atoms with Gasteiger partial charge < -0.3 is 0 Å². The third-order valence-electron chi connectivity index (χ3n) is 1.63. The van der Waals surface area contributed by atoms with Crippen LogP contribution in [-0.4, -0.2) is 6.18 Å². The summed E-state index contributed by atoms with van der Waals surface area (Å²) < 4.78 is 48.9. The van der Waals surface area contributed by atoms with Crippen LogP contribution in [-0.2, 0) is 5.75 Å². The molecule has 0 saturated carbocycles. The van der Waals surface area contributed by atoms with Crippen LogP contribution in [0.25, 0.3) is 0 Å². The zero-order chi connectivity index (χ0) is 12.2. The van der Waals surface area contributed by atoms with Gasteiger partial charge in [-0.05, 0) is 5.56 Å². The molecule has 0 saturated heterocycles. The van der Waals surface area contributed by atoms with Crippen LogP contribution in [0.5, 0.6) is 0 Å². The highest BCUT2D eigenvalue weighted by atomic mass is 35.5. The van der Waals surface area contributed by atoms with E-state index in [-0.39, 0.29) is 5.75 Å². The molecular weight excluding hydrogens is 264 g/mol. The zero-order valence-corrected chi connectivity index (χ0v) is 9.46. The van der Waals surface area contributed by atoms with E-state index in [0.29, 0.717) is 11.8 Å². The lowest BCUT2D eigenvalue weighted by Crippen LogP contribution is -2.08. The van der Waals surface area contributed by atoms with Crippen molar-refractivity contribution in [3.05, 3.63) is 46.1 Å². The third kappa shape index (κ3) is 4.06. The van der Waals surface area contributed by atoms with Gasteiger partial charge in [0.25, 0.3) is 0 Å². The van der Waals surface area contributed by atoms with Gasteiger partial charge in [-0.15, -0.1) is 0 Å². The Morgan fingerprint density at radius 3 is 2.25 bits per heavy atom. The first-order chi connectivity index (χ1) is 7.41. The first kappa shape index (κ1) is 13.4. The molecule has 0 heterocycles. The molecule has 0 nitrogen and oxygen atoms in total. The minimum atomic E-state index is -4.82. The summed E-state index contributed by atoms with van der Waals surface area (Å²) in [6.45, 7) is 0. The van der Waals surface area contributed by atoms with E-state index >= 15 is 0 Å². The molecule has 0 radical (unpaired) electrons. The predicted octanol–water partition coefficient (Wildman–Crippen LogP) is 4.86. The van der Waals surface area contributed by atoms with Crippen molar-refractivity contribution in [2.24, 2.45) is 0 Å². The van der Waals surface area contributed by atoms with Crippen LogP contribution in [0.2, 0.25) is 0 Å². The van der Waals surface area contributed by atoms with Crippen molar-refractivity contribution in [3.63, 3.8) is 0 Å². The van der Waals surface area contributed by atoms with Gasteiger partial charge in [-0.3, -0.25) is 0 Å². The zero-order valence-electron chi connectivity index (χ0n) is 7.89. The van der Waals surface area contributed by atoms with Crippen LogP contribution in [0.15, 0.2) is 40.5 Å². The van der Waals surface area contributed by atoms with E-state index < -0.39 is 16.4 Å². The fourth-order valence-electron chi connectivity index (χ4n) is 0.896. The summed E-state index contributed by atoms with van der Waals surface area (Å²) in [6, 6.07) is 8.61. The fourth-order valence-corrected chi connectivity index (χ4v) is 1.79. The molecule has 0 aliphatic heterocycles. The van der Waals surface area contributed by atoms with Crippen molar-refractivity contribution >= 4 is 23.4 Å². The molecule has 0 amide bonds. The molecule has 0 aromatic heterocycles. The largest absolute Gasteiger partial charge is 0.430 e. The molecule has 6 heteroatoms. The molecule has 1 aromatic rings. The van der Waals surface area contributed by atoms with Gasteiger partial charge in [-0.25, -0.2) is 0 Å². The SMILES string of the molecule is F/C(SCc1ccccc1)=C(/Cl)C(F)(F)F. The second kappa shape index (κ2) is 5.59. The van der Waals surface area contributed by atoms with E-state index in [1.807, 2.05) is 0 Å². The molecule has 0 aliphatic rings. The van der Waals surface area contributed by atoms with Crippen molar-refractivity contribution in [1.82, 2.24) is 0 Å². The van der Waals surface area contributed by atoms with Gasteiger partial charge in [-0.1, -0.05) is 53.7 Å². The highest BCUT2D eigenvalue weighted by molar-refractivity contribution is 8.02. The van der Waals surface area contributed by atoms with Crippen LogP contribution in [0.4, 0.5) is 17.6 Å². The van der Waals surface area contributed by atoms with Gasteiger partial charge in [-0.2, -0.15) is 17.6 Å². The van der Waals surface area contributed by atoms with Crippen LogP contribution in [0, 0.1) is 0 Å². The van der Waals surface area contributed by atoms with E-state index in [1.165, 1.54) is 0 Å². The summed E-state index contributed by atoms with van der Waals surface area (Å²) in [7, 11) is 0. The molecule has 0 spiro atoms. The molecule has 1 rings (SSSR count). The summed E-state index contributed by atoms with van der Waals surface area (Å²) in [4.78, 5) is 0. The lowest BCUT2D eigenvalue weighted by molar-refractivity contribution is -0.0856. The van der Waals surface area contributed by atoms with Crippen molar-refractivity contribution in [1.29, 1.82) is 0 Å². The number of rotatable bonds is 3. The summed E-state index contributed by atoms with van der Waals surface area (Å²) in [5.41, 5.74) is 0.731. The van der Waals surface area contributed by atoms with Crippen molar-refractivity contribution in [2.75, 3.05) is 0 Å². The fraction of sp³-hybridized carbons (Fsp3) is 0.200. The van der Waals surface area contributed by atoms with Gasteiger partial charge in [0.1, 0.15) is 0 Å². The molecule has 0 atom stereocenters. The maximum atomic E-state index is 13.0. The summed E-state index contributed by atoms with van der Waals surface area (Å²) in [5, 5.41) is -3.11. The van der Waals surface area contributed by atoms with E-state index in [1.54, 1.807) is 30.3 Å². The molecule has 88 valence electrons. The number of benzene rings is 1. The van der Waals surface area contributed by atoms with E-state index in [4.69, 9.17) is 11.6 Å².